The Bertz CT molecular complexity index is 1060. The number of nitro benzene ring substituents is 1. The van der Waals surface area contributed by atoms with Gasteiger partial charge in [0.25, 0.3) is 11.6 Å². The maximum Gasteiger partial charge on any atom is 0.274 e. The highest BCUT2D eigenvalue weighted by molar-refractivity contribution is 6.35. The van der Waals surface area contributed by atoms with Gasteiger partial charge in [-0.05, 0) is 36.2 Å². The van der Waals surface area contributed by atoms with Crippen molar-refractivity contribution in [1.82, 2.24) is 4.90 Å². The first kappa shape index (κ1) is 22.6. The zero-order valence-electron chi connectivity index (χ0n) is 16.5. The van der Waals surface area contributed by atoms with E-state index in [1.165, 1.54) is 11.0 Å². The molecule has 3 rings (SSSR count). The van der Waals surface area contributed by atoms with Crippen LogP contribution >= 0.6 is 23.2 Å². The summed E-state index contributed by atoms with van der Waals surface area (Å²) >= 11 is 12.2. The first-order valence-corrected chi connectivity index (χ1v) is 10.3. The summed E-state index contributed by atoms with van der Waals surface area (Å²) in [5.74, 6) is 0.286. The molecule has 3 aromatic carbocycles. The van der Waals surface area contributed by atoms with E-state index in [9.17, 15) is 14.9 Å². The van der Waals surface area contributed by atoms with E-state index >= 15 is 0 Å². The minimum atomic E-state index is -0.450. The number of nitrogens with zero attached hydrogens (tertiary/aromatic N) is 2. The number of nitro groups is 1. The number of hydrogen-bond acceptors (Lipinski definition) is 4. The molecule has 1 amide bonds. The molecule has 0 saturated carbocycles. The van der Waals surface area contributed by atoms with E-state index in [4.69, 9.17) is 27.9 Å². The van der Waals surface area contributed by atoms with E-state index < -0.39 is 4.92 Å². The number of carbonyl (C=O) groups is 1. The molecule has 0 spiro atoms. The monoisotopic (exact) mass is 458 g/mol. The fraction of sp³-hybridized carbons (Fsp3) is 0.174. The standard InChI is InChI=1S/C23H20Cl2N2O4/c24-19-11-10-17(21(25)14-19)12-13-26(15-18-6-4-5-9-22(18)27(29)30)23(28)16-31-20-7-2-1-3-8-20/h1-11,14H,12-13,15-16H2. The van der Waals surface area contributed by atoms with Crippen LogP contribution in [0.1, 0.15) is 11.1 Å². The lowest BCUT2D eigenvalue weighted by molar-refractivity contribution is -0.385. The molecule has 0 aromatic heterocycles. The molecular weight excluding hydrogens is 439 g/mol. The lowest BCUT2D eigenvalue weighted by Crippen LogP contribution is -2.36. The summed E-state index contributed by atoms with van der Waals surface area (Å²) in [7, 11) is 0. The molecule has 6 nitrogen and oxygen atoms in total. The van der Waals surface area contributed by atoms with Crippen LogP contribution in [-0.2, 0) is 17.8 Å². The quantitative estimate of drug-likeness (QED) is 0.311. The molecule has 0 atom stereocenters. The predicted molar refractivity (Wildman–Crippen MR) is 121 cm³/mol. The number of para-hydroxylation sites is 2. The van der Waals surface area contributed by atoms with E-state index in [-0.39, 0.29) is 24.7 Å². The molecule has 0 unspecified atom stereocenters. The molecule has 3 aromatic rings. The van der Waals surface area contributed by atoms with E-state index in [0.29, 0.717) is 34.3 Å². The van der Waals surface area contributed by atoms with E-state index in [1.54, 1.807) is 48.5 Å². The van der Waals surface area contributed by atoms with E-state index in [0.717, 1.165) is 5.56 Å². The van der Waals surface area contributed by atoms with Gasteiger partial charge in [0.1, 0.15) is 5.75 Å². The van der Waals surface area contributed by atoms with Crippen molar-refractivity contribution in [3.63, 3.8) is 0 Å². The Kier molecular flexibility index (Phi) is 7.87. The van der Waals surface area contributed by atoms with Gasteiger partial charge >= 0.3 is 0 Å². The number of amides is 1. The van der Waals surface area contributed by atoms with Crippen LogP contribution in [0.25, 0.3) is 0 Å². The smallest absolute Gasteiger partial charge is 0.274 e. The topological polar surface area (TPSA) is 72.7 Å². The molecule has 31 heavy (non-hydrogen) atoms. The number of halogens is 2. The van der Waals surface area contributed by atoms with Crippen LogP contribution in [0.15, 0.2) is 72.8 Å². The number of hydrogen-bond donors (Lipinski definition) is 0. The van der Waals surface area contributed by atoms with Crippen molar-refractivity contribution in [3.8, 4) is 5.75 Å². The number of carbonyl (C=O) groups excluding carboxylic acids is 1. The fourth-order valence-corrected chi connectivity index (χ4v) is 3.56. The van der Waals surface area contributed by atoms with Crippen LogP contribution in [0.3, 0.4) is 0 Å². The van der Waals surface area contributed by atoms with Crippen molar-refractivity contribution in [2.75, 3.05) is 13.2 Å². The molecule has 0 aliphatic rings. The minimum absolute atomic E-state index is 0.0335. The maximum absolute atomic E-state index is 12.9. The van der Waals surface area contributed by atoms with Gasteiger partial charge in [-0.3, -0.25) is 14.9 Å². The second-order valence-corrected chi connectivity index (χ2v) is 7.63. The van der Waals surface area contributed by atoms with Gasteiger partial charge in [-0.25, -0.2) is 0 Å². The molecule has 0 radical (unpaired) electrons. The van der Waals surface area contributed by atoms with Crippen molar-refractivity contribution in [2.45, 2.75) is 13.0 Å². The average molecular weight is 459 g/mol. The van der Waals surface area contributed by atoms with Crippen LogP contribution in [0.2, 0.25) is 10.0 Å². The largest absolute Gasteiger partial charge is 0.484 e. The minimum Gasteiger partial charge on any atom is -0.484 e. The highest BCUT2D eigenvalue weighted by atomic mass is 35.5. The summed E-state index contributed by atoms with van der Waals surface area (Å²) in [6, 6.07) is 20.5. The number of rotatable bonds is 9. The van der Waals surface area contributed by atoms with Crippen molar-refractivity contribution >= 4 is 34.8 Å². The molecule has 0 N–H and O–H groups in total. The lowest BCUT2D eigenvalue weighted by atomic mass is 10.1. The molecule has 0 saturated heterocycles. The number of benzene rings is 3. The van der Waals surface area contributed by atoms with Crippen molar-refractivity contribution in [1.29, 1.82) is 0 Å². The Morgan fingerprint density at radius 1 is 0.968 bits per heavy atom. The molecule has 0 bridgehead atoms. The van der Waals surface area contributed by atoms with Crippen LogP contribution in [0.5, 0.6) is 5.75 Å². The Morgan fingerprint density at radius 2 is 1.68 bits per heavy atom. The predicted octanol–water partition coefficient (Wildman–Crippen LogP) is 5.55. The fourth-order valence-electron chi connectivity index (χ4n) is 3.05. The third kappa shape index (κ3) is 6.44. The SMILES string of the molecule is O=C(COc1ccccc1)N(CCc1ccc(Cl)cc1Cl)Cc1ccccc1[N+](=O)[O-]. The van der Waals surface area contributed by atoms with Gasteiger partial charge in [-0.1, -0.05) is 65.7 Å². The van der Waals surface area contributed by atoms with Crippen molar-refractivity contribution < 1.29 is 14.5 Å². The summed E-state index contributed by atoms with van der Waals surface area (Å²) in [4.78, 5) is 25.4. The van der Waals surface area contributed by atoms with E-state index in [2.05, 4.69) is 0 Å². The Labute approximate surface area is 190 Å². The van der Waals surface area contributed by atoms with Gasteiger partial charge in [-0.15, -0.1) is 0 Å². The van der Waals surface area contributed by atoms with Gasteiger partial charge in [-0.2, -0.15) is 0 Å². The molecule has 0 aliphatic heterocycles. The second kappa shape index (κ2) is 10.8. The van der Waals surface area contributed by atoms with Crippen LogP contribution in [0.4, 0.5) is 5.69 Å². The van der Waals surface area contributed by atoms with E-state index in [1.807, 2.05) is 18.2 Å². The van der Waals surface area contributed by atoms with Gasteiger partial charge in [0.2, 0.25) is 0 Å². The van der Waals surface area contributed by atoms with Gasteiger partial charge in [0, 0.05) is 28.2 Å². The Balaban J connectivity index is 1.77. The van der Waals surface area contributed by atoms with Gasteiger partial charge in [0.15, 0.2) is 6.61 Å². The molecule has 0 heterocycles. The second-order valence-electron chi connectivity index (χ2n) is 6.79. The van der Waals surface area contributed by atoms with Crippen LogP contribution < -0.4 is 4.74 Å². The van der Waals surface area contributed by atoms with Crippen molar-refractivity contribution in [3.05, 3.63) is 104 Å². The van der Waals surface area contributed by atoms with Gasteiger partial charge < -0.3 is 9.64 Å². The Hall–Kier alpha value is -3.09. The normalized spacial score (nSPS) is 10.5. The molecule has 0 fully saturated rings. The summed E-state index contributed by atoms with van der Waals surface area (Å²) in [6.07, 6.45) is 0.466. The van der Waals surface area contributed by atoms with Crippen LogP contribution in [0, 0.1) is 10.1 Å². The first-order chi connectivity index (χ1) is 14.9. The molecular formula is C23H20Cl2N2O4. The average Bonchev–Trinajstić information content (AvgIpc) is 2.77. The number of ether oxygens (including phenoxy) is 1. The lowest BCUT2D eigenvalue weighted by Gasteiger charge is -2.23. The van der Waals surface area contributed by atoms with Gasteiger partial charge in [0.05, 0.1) is 11.5 Å². The summed E-state index contributed by atoms with van der Waals surface area (Å²) < 4.78 is 5.59. The summed E-state index contributed by atoms with van der Waals surface area (Å²) in [5, 5.41) is 12.4. The summed E-state index contributed by atoms with van der Waals surface area (Å²) in [6.45, 7) is 0.211. The zero-order chi connectivity index (χ0) is 22.2. The van der Waals surface area contributed by atoms with Crippen molar-refractivity contribution in [2.24, 2.45) is 0 Å². The van der Waals surface area contributed by atoms with Crippen LogP contribution in [-0.4, -0.2) is 28.9 Å². The Morgan fingerprint density at radius 3 is 2.39 bits per heavy atom. The first-order valence-electron chi connectivity index (χ1n) is 9.56. The molecule has 160 valence electrons. The third-order valence-corrected chi connectivity index (χ3v) is 5.26. The zero-order valence-corrected chi connectivity index (χ0v) is 18.1. The third-order valence-electron chi connectivity index (χ3n) is 4.67. The highest BCUT2D eigenvalue weighted by Crippen LogP contribution is 2.23. The maximum atomic E-state index is 12.9. The molecule has 0 aliphatic carbocycles. The highest BCUT2D eigenvalue weighted by Gasteiger charge is 2.20. The molecule has 8 heteroatoms. The summed E-state index contributed by atoms with van der Waals surface area (Å²) in [5.41, 5.74) is 1.24.